The van der Waals surface area contributed by atoms with Crippen LogP contribution in [-0.2, 0) is 19.7 Å². The van der Waals surface area contributed by atoms with Gasteiger partial charge in [0.25, 0.3) is 0 Å². The lowest BCUT2D eigenvalue weighted by atomic mass is 9.99. The fraction of sp³-hybridized carbons (Fsp3) is 0.231. The SMILES string of the molecule is CC(=O)c1ccc(C(=O)C(CS(=O)(=O)c2ccc(C)cc2)CS(=O)(=O)c2ccc(C)cc2)cc1. The third kappa shape index (κ3) is 6.07. The molecule has 0 aliphatic rings. The molecule has 0 bridgehead atoms. The Hall–Kier alpha value is -3.10. The summed E-state index contributed by atoms with van der Waals surface area (Å²) in [6.45, 7) is 5.03. The second-order valence-electron chi connectivity index (χ2n) is 8.38. The predicted octanol–water partition coefficient (Wildman–Crippen LogP) is 4.25. The van der Waals surface area contributed by atoms with Crippen molar-refractivity contribution in [2.24, 2.45) is 5.92 Å². The number of benzene rings is 3. The first-order chi connectivity index (χ1) is 15.9. The molecule has 3 aromatic carbocycles. The number of hydrogen-bond acceptors (Lipinski definition) is 6. The Balaban J connectivity index is 1.99. The molecule has 34 heavy (non-hydrogen) atoms. The average Bonchev–Trinajstić information content (AvgIpc) is 2.78. The molecule has 0 saturated heterocycles. The van der Waals surface area contributed by atoms with Crippen molar-refractivity contribution in [2.45, 2.75) is 30.6 Å². The van der Waals surface area contributed by atoms with Crippen LogP contribution >= 0.6 is 0 Å². The monoisotopic (exact) mass is 498 g/mol. The molecule has 0 amide bonds. The predicted molar refractivity (Wildman–Crippen MR) is 131 cm³/mol. The fourth-order valence-electron chi connectivity index (χ4n) is 3.52. The summed E-state index contributed by atoms with van der Waals surface area (Å²) >= 11 is 0. The van der Waals surface area contributed by atoms with Crippen LogP contribution in [0, 0.1) is 19.8 Å². The minimum atomic E-state index is -3.95. The molecule has 0 saturated carbocycles. The molecule has 3 aromatic rings. The Kier molecular flexibility index (Phi) is 7.53. The summed E-state index contributed by atoms with van der Waals surface area (Å²) < 4.78 is 52.4. The van der Waals surface area contributed by atoms with Crippen molar-refractivity contribution in [2.75, 3.05) is 11.5 Å². The van der Waals surface area contributed by atoms with Crippen LogP contribution in [0.1, 0.15) is 38.8 Å². The van der Waals surface area contributed by atoms with Crippen LogP contribution in [0.5, 0.6) is 0 Å². The highest BCUT2D eigenvalue weighted by molar-refractivity contribution is 7.92. The third-order valence-corrected chi connectivity index (χ3v) is 9.21. The minimum Gasteiger partial charge on any atom is -0.295 e. The maximum Gasteiger partial charge on any atom is 0.179 e. The number of ketones is 2. The molecule has 0 aromatic heterocycles. The van der Waals surface area contributed by atoms with Gasteiger partial charge in [-0.15, -0.1) is 0 Å². The Morgan fingerprint density at radius 2 is 0.971 bits per heavy atom. The first-order valence-electron chi connectivity index (χ1n) is 10.6. The van der Waals surface area contributed by atoms with Gasteiger partial charge in [-0.2, -0.15) is 0 Å². The molecule has 0 N–H and O–H groups in total. The van der Waals surface area contributed by atoms with Gasteiger partial charge >= 0.3 is 0 Å². The molecular weight excluding hydrogens is 472 g/mol. The molecule has 0 unspecified atom stereocenters. The Bertz CT molecular complexity index is 1320. The van der Waals surface area contributed by atoms with Crippen molar-refractivity contribution in [3.63, 3.8) is 0 Å². The van der Waals surface area contributed by atoms with E-state index in [9.17, 15) is 26.4 Å². The smallest absolute Gasteiger partial charge is 0.179 e. The van der Waals surface area contributed by atoms with E-state index in [-0.39, 0.29) is 21.1 Å². The summed E-state index contributed by atoms with van der Waals surface area (Å²) in [6, 6.07) is 18.1. The lowest BCUT2D eigenvalue weighted by Crippen LogP contribution is -2.31. The van der Waals surface area contributed by atoms with E-state index in [1.54, 1.807) is 24.3 Å². The van der Waals surface area contributed by atoms with E-state index >= 15 is 0 Å². The quantitative estimate of drug-likeness (QED) is 0.409. The number of aryl methyl sites for hydroxylation is 2. The summed E-state index contributed by atoms with van der Waals surface area (Å²) in [5.41, 5.74) is 2.29. The van der Waals surface area contributed by atoms with Crippen LogP contribution in [-0.4, -0.2) is 39.9 Å². The Labute approximate surface area is 200 Å². The van der Waals surface area contributed by atoms with Gasteiger partial charge in [-0.05, 0) is 45.0 Å². The van der Waals surface area contributed by atoms with Gasteiger partial charge in [0.05, 0.1) is 27.2 Å². The molecule has 0 aliphatic carbocycles. The van der Waals surface area contributed by atoms with E-state index in [4.69, 9.17) is 0 Å². The van der Waals surface area contributed by atoms with Gasteiger partial charge in [0, 0.05) is 11.1 Å². The number of hydrogen-bond donors (Lipinski definition) is 0. The number of rotatable bonds is 9. The molecule has 3 rings (SSSR count). The van der Waals surface area contributed by atoms with Crippen molar-refractivity contribution in [1.82, 2.24) is 0 Å². The van der Waals surface area contributed by atoms with Gasteiger partial charge in [-0.3, -0.25) is 9.59 Å². The van der Waals surface area contributed by atoms with E-state index in [1.165, 1.54) is 55.5 Å². The van der Waals surface area contributed by atoms with Crippen molar-refractivity contribution >= 4 is 31.2 Å². The first-order valence-corrected chi connectivity index (χ1v) is 13.9. The van der Waals surface area contributed by atoms with E-state index in [1.807, 2.05) is 13.8 Å². The van der Waals surface area contributed by atoms with Crippen LogP contribution in [0.2, 0.25) is 0 Å². The Morgan fingerprint density at radius 1 is 0.618 bits per heavy atom. The van der Waals surface area contributed by atoms with Crippen molar-refractivity contribution in [3.8, 4) is 0 Å². The Morgan fingerprint density at radius 3 is 1.32 bits per heavy atom. The van der Waals surface area contributed by atoms with E-state index in [2.05, 4.69) is 0 Å². The molecule has 0 spiro atoms. The van der Waals surface area contributed by atoms with E-state index < -0.39 is 42.9 Å². The highest BCUT2D eigenvalue weighted by Gasteiger charge is 2.32. The topological polar surface area (TPSA) is 102 Å². The summed E-state index contributed by atoms with van der Waals surface area (Å²) in [5.74, 6) is -3.44. The van der Waals surface area contributed by atoms with Crippen molar-refractivity contribution in [1.29, 1.82) is 0 Å². The van der Waals surface area contributed by atoms with Crippen LogP contribution < -0.4 is 0 Å². The van der Waals surface area contributed by atoms with Gasteiger partial charge in [0.2, 0.25) is 0 Å². The molecule has 0 fully saturated rings. The number of carbonyl (C=O) groups excluding carboxylic acids is 2. The molecule has 8 heteroatoms. The van der Waals surface area contributed by atoms with Gasteiger partial charge in [0.1, 0.15) is 0 Å². The maximum atomic E-state index is 13.3. The molecule has 0 heterocycles. The second-order valence-corrected chi connectivity index (χ2v) is 12.5. The molecule has 0 radical (unpaired) electrons. The first kappa shape index (κ1) is 25.5. The van der Waals surface area contributed by atoms with E-state index in [0.29, 0.717) is 5.56 Å². The third-order valence-electron chi connectivity index (χ3n) is 5.55. The lowest BCUT2D eigenvalue weighted by Gasteiger charge is -2.17. The maximum absolute atomic E-state index is 13.3. The normalized spacial score (nSPS) is 12.0. The van der Waals surface area contributed by atoms with Crippen LogP contribution in [0.25, 0.3) is 0 Å². The fourth-order valence-corrected chi connectivity index (χ4v) is 6.75. The zero-order chi connectivity index (χ0) is 25.1. The number of Topliss-reactive ketones (excluding diaryl/α,β-unsaturated/α-hetero) is 2. The highest BCUT2D eigenvalue weighted by atomic mass is 32.2. The molecule has 6 nitrogen and oxygen atoms in total. The van der Waals surface area contributed by atoms with Gasteiger partial charge in [0.15, 0.2) is 31.2 Å². The van der Waals surface area contributed by atoms with Crippen LogP contribution in [0.15, 0.2) is 82.6 Å². The number of carbonyl (C=O) groups is 2. The second kappa shape index (κ2) is 10.0. The minimum absolute atomic E-state index is 0.0237. The zero-order valence-corrected chi connectivity index (χ0v) is 20.8. The lowest BCUT2D eigenvalue weighted by molar-refractivity contribution is 0.0940. The summed E-state index contributed by atoms with van der Waals surface area (Å²) in [5, 5.41) is 0. The van der Waals surface area contributed by atoms with Crippen molar-refractivity contribution < 1.29 is 26.4 Å². The molecule has 0 atom stereocenters. The zero-order valence-electron chi connectivity index (χ0n) is 19.2. The largest absolute Gasteiger partial charge is 0.295 e. The number of sulfone groups is 2. The summed E-state index contributed by atoms with van der Waals surface area (Å²) in [4.78, 5) is 24.9. The van der Waals surface area contributed by atoms with E-state index in [0.717, 1.165) is 11.1 Å². The molecular formula is C26H26O6S2. The highest BCUT2D eigenvalue weighted by Crippen LogP contribution is 2.23. The van der Waals surface area contributed by atoms with Crippen molar-refractivity contribution in [3.05, 3.63) is 95.1 Å². The molecule has 0 aliphatic heterocycles. The summed E-state index contributed by atoms with van der Waals surface area (Å²) in [7, 11) is -7.90. The molecule has 178 valence electrons. The van der Waals surface area contributed by atoms with Crippen LogP contribution in [0.4, 0.5) is 0 Å². The van der Waals surface area contributed by atoms with Gasteiger partial charge < -0.3 is 0 Å². The van der Waals surface area contributed by atoms with Gasteiger partial charge in [-0.1, -0.05) is 59.7 Å². The summed E-state index contributed by atoms with van der Waals surface area (Å²) in [6.07, 6.45) is 0. The standard InChI is InChI=1S/C26H26O6S2/c1-18-4-12-24(13-5-18)33(29,30)16-23(17-34(31,32)25-14-6-19(2)7-15-25)26(28)22-10-8-21(9-11-22)20(3)27/h4-15,23H,16-17H2,1-3H3. The van der Waals surface area contributed by atoms with Crippen LogP contribution in [0.3, 0.4) is 0 Å². The van der Waals surface area contributed by atoms with Gasteiger partial charge in [-0.25, -0.2) is 16.8 Å². The average molecular weight is 499 g/mol.